The third kappa shape index (κ3) is 2.29. The van der Waals surface area contributed by atoms with E-state index in [0.717, 1.165) is 33.6 Å². The van der Waals surface area contributed by atoms with E-state index in [9.17, 15) is 0 Å². The second kappa shape index (κ2) is 7.10. The number of benzene rings is 5. The standard InChI is InChI=1S/C37H25N3O/c1-22-11-9-12-23(2)32(22)39-30-18-10-19-31-34(30)40-33-28(21-24-13-3-4-14-25(24)35(33)41-31)37(36(39)40)27-16-6-5-15-26(27)29-17-7-8-20-38(29)37/h3-21H,1-2H3/q+2. The molecule has 1 spiro atoms. The van der Waals surface area contributed by atoms with Gasteiger partial charge in [0.1, 0.15) is 5.69 Å². The van der Waals surface area contributed by atoms with Crippen LogP contribution in [0.5, 0.6) is 11.5 Å². The summed E-state index contributed by atoms with van der Waals surface area (Å²) in [5, 5.41) is 2.32. The molecule has 192 valence electrons. The Morgan fingerprint density at radius 1 is 0.732 bits per heavy atom. The Bertz CT molecular complexity index is 2260. The van der Waals surface area contributed by atoms with Crippen molar-refractivity contribution in [1.29, 1.82) is 0 Å². The van der Waals surface area contributed by atoms with Gasteiger partial charge in [-0.15, -0.1) is 0 Å². The number of fused-ring (bicyclic) bond motifs is 9. The molecule has 0 bridgehead atoms. The fourth-order valence-electron chi connectivity index (χ4n) is 7.99. The normalized spacial score (nSPS) is 16.8. The molecule has 1 atom stereocenters. The molecule has 5 aromatic carbocycles. The van der Waals surface area contributed by atoms with Gasteiger partial charge in [0.15, 0.2) is 28.9 Å². The lowest BCUT2D eigenvalue weighted by Gasteiger charge is -2.22. The van der Waals surface area contributed by atoms with Crippen LogP contribution in [0.15, 0.2) is 115 Å². The van der Waals surface area contributed by atoms with Crippen LogP contribution in [-0.2, 0) is 5.54 Å². The van der Waals surface area contributed by atoms with E-state index in [1.807, 2.05) is 0 Å². The van der Waals surface area contributed by atoms with Crippen LogP contribution in [0, 0.1) is 13.8 Å². The van der Waals surface area contributed by atoms with Crippen LogP contribution < -0.4 is 13.9 Å². The minimum Gasteiger partial charge on any atom is -0.448 e. The van der Waals surface area contributed by atoms with E-state index in [2.05, 4.69) is 143 Å². The molecule has 41 heavy (non-hydrogen) atoms. The molecule has 0 fully saturated rings. The predicted molar refractivity (Wildman–Crippen MR) is 159 cm³/mol. The summed E-state index contributed by atoms with van der Waals surface area (Å²) in [4.78, 5) is 0. The Balaban J connectivity index is 1.54. The van der Waals surface area contributed by atoms with E-state index >= 15 is 0 Å². The molecule has 3 aliphatic rings. The highest BCUT2D eigenvalue weighted by atomic mass is 16.5. The molecule has 4 heteroatoms. The Kier molecular flexibility index (Phi) is 3.74. The second-order valence-corrected chi connectivity index (χ2v) is 11.5. The zero-order valence-corrected chi connectivity index (χ0v) is 22.7. The van der Waals surface area contributed by atoms with E-state index in [1.165, 1.54) is 50.4 Å². The van der Waals surface area contributed by atoms with Gasteiger partial charge in [-0.1, -0.05) is 66.7 Å². The molecule has 4 nitrogen and oxygen atoms in total. The van der Waals surface area contributed by atoms with Gasteiger partial charge < -0.3 is 4.74 Å². The molecular weight excluding hydrogens is 502 g/mol. The highest BCUT2D eigenvalue weighted by Crippen LogP contribution is 2.56. The van der Waals surface area contributed by atoms with Gasteiger partial charge in [0, 0.05) is 17.5 Å². The summed E-state index contributed by atoms with van der Waals surface area (Å²) in [7, 11) is 0. The smallest absolute Gasteiger partial charge is 0.352 e. The van der Waals surface area contributed by atoms with Crippen LogP contribution in [0.4, 0.5) is 0 Å². The van der Waals surface area contributed by atoms with Crippen molar-refractivity contribution >= 4 is 21.8 Å². The Morgan fingerprint density at radius 3 is 2.41 bits per heavy atom. The van der Waals surface area contributed by atoms with Crippen molar-refractivity contribution in [3.05, 3.63) is 143 Å². The Labute approximate surface area is 236 Å². The van der Waals surface area contributed by atoms with Crippen LogP contribution in [0.2, 0.25) is 0 Å². The van der Waals surface area contributed by atoms with Gasteiger partial charge in [-0.2, -0.15) is 13.7 Å². The molecule has 7 aromatic rings. The summed E-state index contributed by atoms with van der Waals surface area (Å²) in [6.45, 7) is 4.45. The summed E-state index contributed by atoms with van der Waals surface area (Å²) >= 11 is 0. The average molecular weight is 528 g/mol. The zero-order chi connectivity index (χ0) is 27.0. The number of pyridine rings is 1. The lowest BCUT2D eigenvalue weighted by molar-refractivity contribution is -0.733. The number of nitrogens with zero attached hydrogens (tertiary/aromatic N) is 3. The summed E-state index contributed by atoms with van der Waals surface area (Å²) in [5.41, 5.74) is 11.6. The number of para-hydroxylation sites is 2. The number of hydrogen-bond acceptors (Lipinski definition) is 1. The van der Waals surface area contributed by atoms with Crippen molar-refractivity contribution < 1.29 is 13.9 Å². The van der Waals surface area contributed by atoms with Crippen molar-refractivity contribution in [2.75, 3.05) is 0 Å². The number of hydrogen-bond donors (Lipinski definition) is 0. The summed E-state index contributed by atoms with van der Waals surface area (Å²) in [5.74, 6) is 3.04. The molecule has 1 unspecified atom stereocenters. The molecule has 0 aliphatic carbocycles. The van der Waals surface area contributed by atoms with E-state index in [-0.39, 0.29) is 0 Å². The maximum absolute atomic E-state index is 6.92. The number of ether oxygens (including phenoxy) is 1. The minimum atomic E-state index is -0.597. The number of imidazole rings is 1. The van der Waals surface area contributed by atoms with Gasteiger partial charge in [-0.3, -0.25) is 0 Å². The van der Waals surface area contributed by atoms with Gasteiger partial charge in [-0.05, 0) is 60.7 Å². The van der Waals surface area contributed by atoms with Crippen molar-refractivity contribution in [2.45, 2.75) is 19.4 Å². The molecule has 5 heterocycles. The Hall–Kier alpha value is -5.22. The van der Waals surface area contributed by atoms with Crippen molar-refractivity contribution in [2.24, 2.45) is 0 Å². The number of rotatable bonds is 1. The maximum Gasteiger partial charge on any atom is 0.352 e. The average Bonchev–Trinajstić information content (AvgIpc) is 3.60. The van der Waals surface area contributed by atoms with E-state index in [1.54, 1.807) is 0 Å². The fourth-order valence-corrected chi connectivity index (χ4v) is 7.99. The number of aryl methyl sites for hydroxylation is 2. The van der Waals surface area contributed by atoms with Crippen LogP contribution in [0.25, 0.3) is 44.4 Å². The third-order valence-corrected chi connectivity index (χ3v) is 9.47. The number of aromatic nitrogens is 3. The first-order chi connectivity index (χ1) is 20.2. The Morgan fingerprint density at radius 2 is 1.51 bits per heavy atom. The van der Waals surface area contributed by atoms with Gasteiger partial charge in [-0.25, -0.2) is 0 Å². The predicted octanol–water partition coefficient (Wildman–Crippen LogP) is 7.20. The summed E-state index contributed by atoms with van der Waals surface area (Å²) in [6, 6.07) is 39.6. The van der Waals surface area contributed by atoms with E-state index in [4.69, 9.17) is 4.74 Å². The zero-order valence-electron chi connectivity index (χ0n) is 22.7. The van der Waals surface area contributed by atoms with Crippen LogP contribution in [-0.4, -0.2) is 4.57 Å². The molecule has 10 rings (SSSR count). The van der Waals surface area contributed by atoms with E-state index < -0.39 is 5.54 Å². The first-order valence-corrected chi connectivity index (χ1v) is 14.2. The van der Waals surface area contributed by atoms with E-state index in [0.29, 0.717) is 0 Å². The van der Waals surface area contributed by atoms with Gasteiger partial charge in [0.2, 0.25) is 11.2 Å². The van der Waals surface area contributed by atoms with Crippen LogP contribution >= 0.6 is 0 Å². The van der Waals surface area contributed by atoms with Crippen LogP contribution in [0.1, 0.15) is 28.1 Å². The molecule has 0 amide bonds. The van der Waals surface area contributed by atoms with Crippen molar-refractivity contribution in [3.8, 4) is 34.1 Å². The molecular formula is C37H25N3O+2. The van der Waals surface area contributed by atoms with Gasteiger partial charge >= 0.3 is 11.4 Å². The second-order valence-electron chi connectivity index (χ2n) is 11.5. The molecule has 0 saturated carbocycles. The largest absolute Gasteiger partial charge is 0.448 e. The first kappa shape index (κ1) is 21.6. The lowest BCUT2D eigenvalue weighted by atomic mass is 9.81. The first-order valence-electron chi connectivity index (χ1n) is 14.2. The van der Waals surface area contributed by atoms with Crippen LogP contribution in [0.3, 0.4) is 0 Å². The molecule has 0 radical (unpaired) electrons. The van der Waals surface area contributed by atoms with Gasteiger partial charge in [0.05, 0.1) is 16.7 Å². The van der Waals surface area contributed by atoms with Crippen molar-refractivity contribution in [3.63, 3.8) is 0 Å². The highest BCUT2D eigenvalue weighted by Gasteiger charge is 2.69. The van der Waals surface area contributed by atoms with Gasteiger partial charge in [0.25, 0.3) is 0 Å². The monoisotopic (exact) mass is 527 g/mol. The lowest BCUT2D eigenvalue weighted by Crippen LogP contribution is -2.57. The summed E-state index contributed by atoms with van der Waals surface area (Å²) in [6.07, 6.45) is 2.26. The third-order valence-electron chi connectivity index (χ3n) is 9.47. The highest BCUT2D eigenvalue weighted by molar-refractivity contribution is 5.97. The minimum absolute atomic E-state index is 0.597. The molecule has 2 aromatic heterocycles. The molecule has 0 saturated heterocycles. The topological polar surface area (TPSA) is 21.9 Å². The summed E-state index contributed by atoms with van der Waals surface area (Å²) < 4.78 is 14.5. The maximum atomic E-state index is 6.92. The molecule has 0 N–H and O–H groups in total. The van der Waals surface area contributed by atoms with Crippen molar-refractivity contribution in [1.82, 2.24) is 4.57 Å². The SMILES string of the molecule is Cc1cccc(C)c1-n1c2[n+]3c4c(cccc41)Oc1c-3c(cc3ccccc13)C21c2ccccc2-c2cccc[n+]21. The molecule has 3 aliphatic heterocycles. The quantitative estimate of drug-likeness (QED) is 0.207. The fraction of sp³-hybridized carbons (Fsp3) is 0.0811.